The number of hydrogen-bond acceptors (Lipinski definition) is 6. The van der Waals surface area contributed by atoms with Crippen LogP contribution in [-0.4, -0.2) is 61.1 Å². The molecule has 10 heteroatoms. The molecule has 30 heavy (non-hydrogen) atoms. The number of nitrogens with zero attached hydrogens (tertiary/aromatic N) is 1. The lowest BCUT2D eigenvalue weighted by Gasteiger charge is -2.22. The number of benzene rings is 1. The van der Waals surface area contributed by atoms with E-state index >= 15 is 0 Å². The van der Waals surface area contributed by atoms with E-state index in [0.29, 0.717) is 36.8 Å². The second-order valence-corrected chi connectivity index (χ2v) is 7.25. The fourth-order valence-corrected chi connectivity index (χ4v) is 3.33. The standard InChI is InChI=1S/C20H25N3O7/c1-12(19(27)21-6-2-3-18(25)26)22-20(28)13-9-17(24)23(11-13)14-4-5-15-16(10-14)30-8-7-29-15/h4-5,10,12-13H,2-3,6-9,11H2,1H3,(H,21,27)(H,22,28)(H,25,26). The van der Waals surface area contributed by atoms with Crippen molar-refractivity contribution < 1.29 is 33.8 Å². The highest BCUT2D eigenvalue weighted by Crippen LogP contribution is 2.35. The molecule has 1 saturated heterocycles. The fourth-order valence-electron chi connectivity index (χ4n) is 3.33. The zero-order valence-electron chi connectivity index (χ0n) is 16.7. The number of hydrogen-bond donors (Lipinski definition) is 3. The van der Waals surface area contributed by atoms with Crippen LogP contribution >= 0.6 is 0 Å². The lowest BCUT2D eigenvalue weighted by atomic mass is 10.1. The monoisotopic (exact) mass is 419 g/mol. The maximum Gasteiger partial charge on any atom is 0.303 e. The smallest absolute Gasteiger partial charge is 0.303 e. The van der Waals surface area contributed by atoms with Crippen LogP contribution in [0, 0.1) is 5.92 Å². The fraction of sp³-hybridized carbons (Fsp3) is 0.500. The minimum absolute atomic E-state index is 0.0408. The Morgan fingerprint density at radius 1 is 1.23 bits per heavy atom. The highest BCUT2D eigenvalue weighted by Gasteiger charge is 2.36. The molecule has 0 aromatic heterocycles. The van der Waals surface area contributed by atoms with Gasteiger partial charge in [0, 0.05) is 37.7 Å². The summed E-state index contributed by atoms with van der Waals surface area (Å²) in [6, 6.07) is 4.42. The Morgan fingerprint density at radius 3 is 2.70 bits per heavy atom. The van der Waals surface area contributed by atoms with E-state index < -0.39 is 23.8 Å². The number of aliphatic carboxylic acids is 1. The Morgan fingerprint density at radius 2 is 1.97 bits per heavy atom. The maximum absolute atomic E-state index is 12.5. The van der Waals surface area contributed by atoms with Crippen LogP contribution in [0.25, 0.3) is 0 Å². The number of rotatable bonds is 8. The number of carboxylic acids is 1. The number of carboxylic acid groups (broad SMARTS) is 1. The molecule has 2 atom stereocenters. The van der Waals surface area contributed by atoms with E-state index in [0.717, 1.165) is 0 Å². The van der Waals surface area contributed by atoms with Crippen molar-refractivity contribution in [1.82, 2.24) is 10.6 Å². The Hall–Kier alpha value is -3.30. The third kappa shape index (κ3) is 5.19. The molecule has 3 rings (SSSR count). The predicted octanol–water partition coefficient (Wildman–Crippen LogP) is 0.296. The van der Waals surface area contributed by atoms with Crippen LogP contribution in [0.15, 0.2) is 18.2 Å². The molecular formula is C20H25N3O7. The van der Waals surface area contributed by atoms with E-state index in [-0.39, 0.29) is 37.7 Å². The average Bonchev–Trinajstić information content (AvgIpc) is 3.12. The lowest BCUT2D eigenvalue weighted by molar-refractivity contribution is -0.137. The van der Waals surface area contributed by atoms with Gasteiger partial charge < -0.3 is 30.1 Å². The molecule has 2 aliphatic rings. The number of fused-ring (bicyclic) bond motifs is 1. The van der Waals surface area contributed by atoms with Crippen LogP contribution < -0.4 is 25.0 Å². The summed E-state index contributed by atoms with van der Waals surface area (Å²) in [5.74, 6) is -1.29. The molecule has 3 amide bonds. The van der Waals surface area contributed by atoms with Gasteiger partial charge in [-0.1, -0.05) is 0 Å². The van der Waals surface area contributed by atoms with Crippen molar-refractivity contribution in [3.05, 3.63) is 18.2 Å². The molecule has 0 spiro atoms. The molecule has 3 N–H and O–H groups in total. The first-order valence-electron chi connectivity index (χ1n) is 9.85. The molecule has 1 aromatic rings. The summed E-state index contributed by atoms with van der Waals surface area (Å²) in [6.45, 7) is 2.87. The van der Waals surface area contributed by atoms with E-state index in [1.807, 2.05) is 0 Å². The summed E-state index contributed by atoms with van der Waals surface area (Å²) in [7, 11) is 0. The molecular weight excluding hydrogens is 394 g/mol. The maximum atomic E-state index is 12.5. The van der Waals surface area contributed by atoms with E-state index in [2.05, 4.69) is 10.6 Å². The number of carbonyl (C=O) groups is 4. The van der Waals surface area contributed by atoms with Crippen LogP contribution in [-0.2, 0) is 19.2 Å². The molecule has 10 nitrogen and oxygen atoms in total. The average molecular weight is 419 g/mol. The first kappa shape index (κ1) is 21.4. The van der Waals surface area contributed by atoms with Gasteiger partial charge in [0.15, 0.2) is 11.5 Å². The normalized spacial score (nSPS) is 18.6. The van der Waals surface area contributed by atoms with Gasteiger partial charge in [-0.25, -0.2) is 0 Å². The van der Waals surface area contributed by atoms with Crippen LogP contribution in [0.4, 0.5) is 5.69 Å². The summed E-state index contributed by atoms with van der Waals surface area (Å²) in [5.41, 5.74) is 0.628. The number of anilines is 1. The minimum atomic E-state index is -0.931. The zero-order chi connectivity index (χ0) is 21.7. The van der Waals surface area contributed by atoms with Gasteiger partial charge in [0.1, 0.15) is 19.3 Å². The molecule has 2 unspecified atom stereocenters. The summed E-state index contributed by atoms with van der Waals surface area (Å²) in [4.78, 5) is 49.1. The van der Waals surface area contributed by atoms with Crippen LogP contribution in [0.2, 0.25) is 0 Å². The van der Waals surface area contributed by atoms with Gasteiger partial charge in [-0.3, -0.25) is 19.2 Å². The summed E-state index contributed by atoms with van der Waals surface area (Å²) in [6.07, 6.45) is 0.317. The number of ether oxygens (including phenoxy) is 2. The van der Waals surface area contributed by atoms with Gasteiger partial charge in [0.2, 0.25) is 17.7 Å². The second kappa shape index (κ2) is 9.47. The first-order chi connectivity index (χ1) is 14.3. The highest BCUT2D eigenvalue weighted by atomic mass is 16.6. The molecule has 2 heterocycles. The Labute approximate surface area is 173 Å². The molecule has 0 aliphatic carbocycles. The lowest BCUT2D eigenvalue weighted by Crippen LogP contribution is -2.47. The van der Waals surface area contributed by atoms with Gasteiger partial charge in [-0.2, -0.15) is 0 Å². The topological polar surface area (TPSA) is 134 Å². The molecule has 162 valence electrons. The van der Waals surface area contributed by atoms with Crippen molar-refractivity contribution in [3.63, 3.8) is 0 Å². The number of carbonyl (C=O) groups excluding carboxylic acids is 3. The van der Waals surface area contributed by atoms with Crippen molar-refractivity contribution in [2.45, 2.75) is 32.2 Å². The van der Waals surface area contributed by atoms with E-state index in [1.54, 1.807) is 25.1 Å². The first-order valence-corrected chi connectivity index (χ1v) is 9.85. The molecule has 0 bridgehead atoms. The van der Waals surface area contributed by atoms with E-state index in [1.165, 1.54) is 4.90 Å². The second-order valence-electron chi connectivity index (χ2n) is 7.25. The molecule has 0 saturated carbocycles. The van der Waals surface area contributed by atoms with Crippen LogP contribution in [0.1, 0.15) is 26.2 Å². The predicted molar refractivity (Wildman–Crippen MR) is 105 cm³/mol. The van der Waals surface area contributed by atoms with E-state index in [4.69, 9.17) is 14.6 Å². The third-order valence-electron chi connectivity index (χ3n) is 4.95. The SMILES string of the molecule is CC(NC(=O)C1CC(=O)N(c2ccc3c(c2)OCCO3)C1)C(=O)NCCCC(=O)O. The van der Waals surface area contributed by atoms with E-state index in [9.17, 15) is 19.2 Å². The van der Waals surface area contributed by atoms with Crippen molar-refractivity contribution in [2.24, 2.45) is 5.92 Å². The van der Waals surface area contributed by atoms with Crippen LogP contribution in [0.3, 0.4) is 0 Å². The van der Waals surface area contributed by atoms with Crippen molar-refractivity contribution >= 4 is 29.4 Å². The number of amides is 3. The van der Waals surface area contributed by atoms with Gasteiger partial charge in [0.25, 0.3) is 0 Å². The van der Waals surface area contributed by atoms with Gasteiger partial charge in [0.05, 0.1) is 5.92 Å². The van der Waals surface area contributed by atoms with Crippen molar-refractivity contribution in [2.75, 3.05) is 31.2 Å². The van der Waals surface area contributed by atoms with Gasteiger partial charge in [-0.15, -0.1) is 0 Å². The molecule has 0 radical (unpaired) electrons. The summed E-state index contributed by atoms with van der Waals surface area (Å²) < 4.78 is 11.0. The minimum Gasteiger partial charge on any atom is -0.486 e. The van der Waals surface area contributed by atoms with Crippen molar-refractivity contribution in [3.8, 4) is 11.5 Å². The summed E-state index contributed by atoms with van der Waals surface area (Å²) >= 11 is 0. The Bertz CT molecular complexity index is 842. The Balaban J connectivity index is 1.52. The van der Waals surface area contributed by atoms with Gasteiger partial charge >= 0.3 is 5.97 Å². The largest absolute Gasteiger partial charge is 0.486 e. The Kier molecular flexibility index (Phi) is 6.76. The highest BCUT2D eigenvalue weighted by molar-refractivity contribution is 6.01. The summed E-state index contributed by atoms with van der Waals surface area (Å²) in [5, 5.41) is 13.8. The quantitative estimate of drug-likeness (QED) is 0.516. The van der Waals surface area contributed by atoms with Crippen molar-refractivity contribution in [1.29, 1.82) is 0 Å². The number of nitrogens with one attached hydrogen (secondary N) is 2. The molecule has 1 fully saturated rings. The molecule has 2 aliphatic heterocycles. The zero-order valence-corrected chi connectivity index (χ0v) is 16.7. The third-order valence-corrected chi connectivity index (χ3v) is 4.95. The molecule has 1 aromatic carbocycles. The van der Waals surface area contributed by atoms with Gasteiger partial charge in [-0.05, 0) is 25.5 Å². The van der Waals surface area contributed by atoms with Crippen LogP contribution in [0.5, 0.6) is 11.5 Å².